The van der Waals surface area contributed by atoms with E-state index >= 15 is 0 Å². The molecule has 0 bridgehead atoms. The molecule has 5 atom stereocenters. The van der Waals surface area contributed by atoms with Gasteiger partial charge in [-0.25, -0.2) is 9.37 Å². The fraction of sp³-hybridized carbons (Fsp3) is 0.391. The van der Waals surface area contributed by atoms with E-state index in [1.165, 1.54) is 6.21 Å². The van der Waals surface area contributed by atoms with Gasteiger partial charge in [0.05, 0.1) is 28.5 Å². The first-order valence-electron chi connectivity index (χ1n) is 10.7. The van der Waals surface area contributed by atoms with E-state index in [0.29, 0.717) is 22.8 Å². The van der Waals surface area contributed by atoms with Crippen LogP contribution in [-0.4, -0.2) is 38.3 Å². The van der Waals surface area contributed by atoms with Crippen LogP contribution in [0, 0.1) is 34.9 Å². The summed E-state index contributed by atoms with van der Waals surface area (Å²) < 4.78 is 14.8. The summed E-state index contributed by atoms with van der Waals surface area (Å²) in [4.78, 5) is 23.6. The van der Waals surface area contributed by atoms with Crippen LogP contribution in [0.25, 0.3) is 22.3 Å². The number of rotatable bonds is 6. The topological polar surface area (TPSA) is 115 Å². The fourth-order valence-corrected chi connectivity index (χ4v) is 5.34. The van der Waals surface area contributed by atoms with Crippen LogP contribution in [-0.2, 0) is 4.79 Å². The minimum atomic E-state index is -0.869. The molecule has 2 saturated carbocycles. The Labute approximate surface area is 188 Å². The van der Waals surface area contributed by atoms with Crippen LogP contribution in [0.15, 0.2) is 30.7 Å². The molecular weight excluding hydrogens is 433 g/mol. The number of H-pyrrole nitrogens is 1. The second-order valence-corrected chi connectivity index (χ2v) is 9.18. The molecule has 2 aliphatic carbocycles. The van der Waals surface area contributed by atoms with Crippen molar-refractivity contribution in [3.05, 3.63) is 41.6 Å². The SMILES string of the molecule is N=C[C@@H]1C[C@@H]1[C@H]1CCC[C@H](C(=O)O)[C@H]1Nc1cc(-c2c[nH]c3ncc(Cl)cc23)ncc1F. The van der Waals surface area contributed by atoms with Gasteiger partial charge in [-0.1, -0.05) is 18.0 Å². The van der Waals surface area contributed by atoms with Gasteiger partial charge in [0.1, 0.15) is 5.65 Å². The molecule has 0 spiro atoms. The number of hydrogen-bond donors (Lipinski definition) is 4. The standard InChI is InChI=1S/C23H23ClFN5O2/c24-12-5-16-17(9-29-22(16)28-8-12)19-6-20(18(25)10-27-19)30-21-13(15-4-11(15)7-26)2-1-3-14(21)23(31)32/h5-11,13-15,21,26H,1-4H2,(H,27,30)(H,28,29)(H,31,32)/t11-,13+,14-,15-,21-/m0/s1. The number of aliphatic carboxylic acids is 1. The molecule has 0 aliphatic heterocycles. The number of carbonyl (C=O) groups is 1. The van der Waals surface area contributed by atoms with E-state index in [2.05, 4.69) is 20.3 Å². The number of carboxylic acids is 1. The molecular formula is C23H23ClFN5O2. The Morgan fingerprint density at radius 1 is 1.28 bits per heavy atom. The third kappa shape index (κ3) is 3.72. The van der Waals surface area contributed by atoms with Gasteiger partial charge in [0, 0.05) is 29.4 Å². The van der Waals surface area contributed by atoms with Crippen molar-refractivity contribution in [3.63, 3.8) is 0 Å². The Balaban J connectivity index is 1.50. The third-order valence-electron chi connectivity index (χ3n) is 6.87. The summed E-state index contributed by atoms with van der Waals surface area (Å²) in [6.45, 7) is 0. The van der Waals surface area contributed by atoms with Crippen LogP contribution in [0.5, 0.6) is 0 Å². The first-order chi connectivity index (χ1) is 15.5. The van der Waals surface area contributed by atoms with E-state index in [9.17, 15) is 14.3 Å². The highest BCUT2D eigenvalue weighted by Crippen LogP contribution is 2.50. The van der Waals surface area contributed by atoms with E-state index in [1.807, 2.05) is 0 Å². The average Bonchev–Trinajstić information content (AvgIpc) is 3.46. The number of hydrogen-bond acceptors (Lipinski definition) is 5. The second-order valence-electron chi connectivity index (χ2n) is 8.74. The maximum atomic E-state index is 14.8. The quantitative estimate of drug-likeness (QED) is 0.391. The zero-order valence-electron chi connectivity index (χ0n) is 17.2. The molecule has 9 heteroatoms. The van der Waals surface area contributed by atoms with E-state index in [0.717, 1.165) is 36.4 Å². The number of nitrogens with one attached hydrogen (secondary N) is 3. The normalized spacial score (nSPS) is 27.2. The van der Waals surface area contributed by atoms with Crippen LogP contribution < -0.4 is 5.32 Å². The fourth-order valence-electron chi connectivity index (χ4n) is 5.18. The summed E-state index contributed by atoms with van der Waals surface area (Å²) in [6.07, 6.45) is 9.05. The van der Waals surface area contributed by atoms with Gasteiger partial charge in [-0.2, -0.15) is 0 Å². The predicted octanol–water partition coefficient (Wildman–Crippen LogP) is 4.98. The van der Waals surface area contributed by atoms with Crippen molar-refractivity contribution in [3.8, 4) is 11.3 Å². The highest BCUT2D eigenvalue weighted by Gasteiger charge is 2.49. The first-order valence-corrected chi connectivity index (χ1v) is 11.1. The van der Waals surface area contributed by atoms with Crippen LogP contribution in [0.3, 0.4) is 0 Å². The van der Waals surface area contributed by atoms with E-state index in [-0.39, 0.29) is 23.4 Å². The molecule has 2 fully saturated rings. The maximum absolute atomic E-state index is 14.8. The Morgan fingerprint density at radius 2 is 2.12 bits per heavy atom. The van der Waals surface area contributed by atoms with Crippen molar-refractivity contribution in [2.45, 2.75) is 31.7 Å². The summed E-state index contributed by atoms with van der Waals surface area (Å²) >= 11 is 6.10. The Kier molecular flexibility index (Phi) is 5.33. The van der Waals surface area contributed by atoms with Crippen molar-refractivity contribution in [2.24, 2.45) is 23.7 Å². The summed E-state index contributed by atoms with van der Waals surface area (Å²) in [5.74, 6) is -1.45. The molecule has 0 saturated heterocycles. The predicted molar refractivity (Wildman–Crippen MR) is 121 cm³/mol. The lowest BCUT2D eigenvalue weighted by atomic mass is 9.74. The maximum Gasteiger partial charge on any atom is 0.308 e. The number of halogens is 2. The lowest BCUT2D eigenvalue weighted by molar-refractivity contribution is -0.143. The van der Waals surface area contributed by atoms with E-state index < -0.39 is 23.7 Å². The third-order valence-corrected chi connectivity index (χ3v) is 7.08. The summed E-state index contributed by atoms with van der Waals surface area (Å²) in [6, 6.07) is 2.99. The lowest BCUT2D eigenvalue weighted by Gasteiger charge is -2.38. The highest BCUT2D eigenvalue weighted by atomic mass is 35.5. The van der Waals surface area contributed by atoms with Gasteiger partial charge < -0.3 is 20.8 Å². The minimum absolute atomic E-state index is 0.0866. The molecule has 3 aromatic heterocycles. The summed E-state index contributed by atoms with van der Waals surface area (Å²) in [7, 11) is 0. The highest BCUT2D eigenvalue weighted by molar-refractivity contribution is 6.31. The zero-order valence-corrected chi connectivity index (χ0v) is 17.9. The van der Waals surface area contributed by atoms with Gasteiger partial charge >= 0.3 is 5.97 Å². The molecule has 0 amide bonds. The summed E-state index contributed by atoms with van der Waals surface area (Å²) in [5.41, 5.74) is 2.15. The van der Waals surface area contributed by atoms with Crippen LogP contribution >= 0.6 is 11.6 Å². The molecule has 5 rings (SSSR count). The lowest BCUT2D eigenvalue weighted by Crippen LogP contribution is -2.44. The Hall–Kier alpha value is -3.00. The van der Waals surface area contributed by atoms with E-state index in [1.54, 1.807) is 24.5 Å². The number of fused-ring (bicyclic) bond motifs is 1. The molecule has 0 radical (unpaired) electrons. The van der Waals surface area contributed by atoms with Gasteiger partial charge in [-0.15, -0.1) is 0 Å². The van der Waals surface area contributed by atoms with Gasteiger partial charge in [0.25, 0.3) is 0 Å². The van der Waals surface area contributed by atoms with Crippen molar-refractivity contribution >= 4 is 40.5 Å². The first kappa shape index (κ1) is 20.9. The Morgan fingerprint density at radius 3 is 2.88 bits per heavy atom. The van der Waals surface area contributed by atoms with Gasteiger partial charge in [-0.3, -0.25) is 9.78 Å². The largest absolute Gasteiger partial charge is 0.481 e. The molecule has 7 nitrogen and oxygen atoms in total. The van der Waals surface area contributed by atoms with Crippen molar-refractivity contribution in [1.82, 2.24) is 15.0 Å². The van der Waals surface area contributed by atoms with Crippen LogP contribution in [0.1, 0.15) is 25.7 Å². The zero-order chi connectivity index (χ0) is 22.4. The van der Waals surface area contributed by atoms with Crippen molar-refractivity contribution in [1.29, 1.82) is 5.41 Å². The molecule has 3 aromatic rings. The molecule has 4 N–H and O–H groups in total. The number of anilines is 1. The summed E-state index contributed by atoms with van der Waals surface area (Å²) in [5, 5.41) is 21.9. The molecule has 32 heavy (non-hydrogen) atoms. The van der Waals surface area contributed by atoms with Gasteiger partial charge in [-0.05, 0) is 55.4 Å². The van der Waals surface area contributed by atoms with Gasteiger partial charge in [0.2, 0.25) is 0 Å². The van der Waals surface area contributed by atoms with E-state index in [4.69, 9.17) is 17.0 Å². The average molecular weight is 456 g/mol. The number of pyridine rings is 2. The molecule has 3 heterocycles. The minimum Gasteiger partial charge on any atom is -0.481 e. The smallest absolute Gasteiger partial charge is 0.308 e. The monoisotopic (exact) mass is 455 g/mol. The molecule has 2 aliphatic rings. The Bertz CT molecular complexity index is 1200. The number of aromatic nitrogens is 3. The molecule has 0 unspecified atom stereocenters. The van der Waals surface area contributed by atoms with Crippen LogP contribution in [0.4, 0.5) is 10.1 Å². The van der Waals surface area contributed by atoms with Gasteiger partial charge in [0.15, 0.2) is 5.82 Å². The number of nitrogens with zero attached hydrogens (tertiary/aromatic N) is 2. The number of aromatic amines is 1. The van der Waals surface area contributed by atoms with Crippen LogP contribution in [0.2, 0.25) is 5.02 Å². The van der Waals surface area contributed by atoms with Crippen molar-refractivity contribution < 1.29 is 14.3 Å². The van der Waals surface area contributed by atoms with Crippen molar-refractivity contribution in [2.75, 3.05) is 5.32 Å². The number of carboxylic acid groups (broad SMARTS) is 1. The second kappa shape index (κ2) is 8.16. The molecule has 0 aromatic carbocycles. The molecule has 166 valence electrons.